The smallest absolute Gasteiger partial charge is 0.262 e. The van der Waals surface area contributed by atoms with Crippen molar-refractivity contribution < 1.29 is 9.21 Å². The van der Waals surface area contributed by atoms with E-state index >= 15 is 0 Å². The van der Waals surface area contributed by atoms with Crippen molar-refractivity contribution in [2.75, 3.05) is 5.32 Å². The first-order valence-corrected chi connectivity index (χ1v) is 11.0. The summed E-state index contributed by atoms with van der Waals surface area (Å²) in [5.41, 5.74) is 2.40. The molecule has 0 saturated heterocycles. The highest BCUT2D eigenvalue weighted by Crippen LogP contribution is 2.24. The van der Waals surface area contributed by atoms with Crippen LogP contribution >= 0.6 is 11.8 Å². The molecule has 0 bridgehead atoms. The van der Waals surface area contributed by atoms with Crippen molar-refractivity contribution in [1.82, 2.24) is 9.55 Å². The molecular formula is C24H23N3O3S. The number of amides is 1. The largest absolute Gasteiger partial charge is 0.467 e. The van der Waals surface area contributed by atoms with E-state index in [1.54, 1.807) is 36.0 Å². The number of hydrogen-bond acceptors (Lipinski definition) is 5. The summed E-state index contributed by atoms with van der Waals surface area (Å²) in [6.45, 7) is 4.14. The van der Waals surface area contributed by atoms with Crippen molar-refractivity contribution in [3.63, 3.8) is 0 Å². The molecule has 2 aromatic heterocycles. The van der Waals surface area contributed by atoms with E-state index in [2.05, 4.69) is 17.2 Å². The second-order valence-corrected chi connectivity index (χ2v) is 8.49. The van der Waals surface area contributed by atoms with E-state index < -0.39 is 5.25 Å². The van der Waals surface area contributed by atoms with Crippen LogP contribution in [0.4, 0.5) is 5.69 Å². The Balaban J connectivity index is 1.61. The Hall–Kier alpha value is -3.32. The van der Waals surface area contributed by atoms with Crippen LogP contribution in [0.3, 0.4) is 0 Å². The zero-order valence-electron chi connectivity index (χ0n) is 17.4. The van der Waals surface area contributed by atoms with Gasteiger partial charge in [-0.25, -0.2) is 4.98 Å². The zero-order chi connectivity index (χ0) is 21.8. The van der Waals surface area contributed by atoms with Gasteiger partial charge in [0.2, 0.25) is 5.91 Å². The molecule has 7 heteroatoms. The minimum Gasteiger partial charge on any atom is -0.467 e. The first kappa shape index (κ1) is 20.9. The number of carbonyl (C=O) groups is 1. The third-order valence-electron chi connectivity index (χ3n) is 5.00. The highest BCUT2D eigenvalue weighted by molar-refractivity contribution is 8.00. The van der Waals surface area contributed by atoms with Crippen LogP contribution in [0.1, 0.15) is 25.2 Å². The van der Waals surface area contributed by atoms with Gasteiger partial charge in [0.05, 0.1) is 29.0 Å². The van der Waals surface area contributed by atoms with Gasteiger partial charge in [0, 0.05) is 5.69 Å². The summed E-state index contributed by atoms with van der Waals surface area (Å²) in [5, 5.41) is 3.49. The molecule has 0 aliphatic heterocycles. The number of anilines is 1. The molecule has 0 spiro atoms. The maximum Gasteiger partial charge on any atom is 0.262 e. The molecule has 1 amide bonds. The molecule has 0 radical (unpaired) electrons. The van der Waals surface area contributed by atoms with Gasteiger partial charge in [-0.15, -0.1) is 0 Å². The maximum atomic E-state index is 13.1. The van der Waals surface area contributed by atoms with Gasteiger partial charge < -0.3 is 9.73 Å². The van der Waals surface area contributed by atoms with Crippen LogP contribution in [-0.2, 0) is 17.8 Å². The van der Waals surface area contributed by atoms with Crippen molar-refractivity contribution in [2.45, 2.75) is 37.2 Å². The van der Waals surface area contributed by atoms with E-state index in [9.17, 15) is 9.59 Å². The van der Waals surface area contributed by atoms with Crippen molar-refractivity contribution in [3.05, 3.63) is 88.6 Å². The lowest BCUT2D eigenvalue weighted by Gasteiger charge is -2.16. The summed E-state index contributed by atoms with van der Waals surface area (Å²) in [6.07, 6.45) is 2.52. The molecule has 2 heterocycles. The first-order chi connectivity index (χ1) is 15.0. The number of fused-ring (bicyclic) bond motifs is 1. The standard InChI is InChI=1S/C24H23N3O3S/c1-3-17-10-12-18(13-11-17)25-22(28)16(2)31-24-26-21-9-5-4-8-20(21)23(29)27(24)15-19-7-6-14-30-19/h4-14,16H,3,15H2,1-2H3,(H,25,28). The van der Waals surface area contributed by atoms with Gasteiger partial charge in [0.25, 0.3) is 5.56 Å². The van der Waals surface area contributed by atoms with Crippen LogP contribution in [0, 0.1) is 0 Å². The number of hydrogen-bond donors (Lipinski definition) is 1. The second-order valence-electron chi connectivity index (χ2n) is 7.18. The van der Waals surface area contributed by atoms with E-state index in [4.69, 9.17) is 4.42 Å². The number of para-hydroxylation sites is 1. The number of rotatable bonds is 7. The molecule has 6 nitrogen and oxygen atoms in total. The van der Waals surface area contributed by atoms with Crippen molar-refractivity contribution >= 4 is 34.3 Å². The highest BCUT2D eigenvalue weighted by Gasteiger charge is 2.20. The monoisotopic (exact) mass is 433 g/mol. The van der Waals surface area contributed by atoms with E-state index in [1.165, 1.54) is 17.3 Å². The Bertz CT molecular complexity index is 1250. The first-order valence-electron chi connectivity index (χ1n) is 10.1. The number of thioether (sulfide) groups is 1. The third-order valence-corrected chi connectivity index (χ3v) is 6.09. The number of aryl methyl sites for hydroxylation is 1. The van der Waals surface area contributed by atoms with Gasteiger partial charge in [-0.2, -0.15) is 0 Å². The molecule has 0 fully saturated rings. The zero-order valence-corrected chi connectivity index (χ0v) is 18.2. The number of benzene rings is 2. The van der Waals surface area contributed by atoms with Gasteiger partial charge in [0.1, 0.15) is 5.76 Å². The molecular weight excluding hydrogens is 410 g/mol. The van der Waals surface area contributed by atoms with Crippen LogP contribution in [-0.4, -0.2) is 20.7 Å². The molecule has 1 N–H and O–H groups in total. The fourth-order valence-corrected chi connectivity index (χ4v) is 4.12. The van der Waals surface area contributed by atoms with Gasteiger partial charge in [-0.1, -0.05) is 43.0 Å². The topological polar surface area (TPSA) is 77.1 Å². The highest BCUT2D eigenvalue weighted by atomic mass is 32.2. The molecule has 31 heavy (non-hydrogen) atoms. The number of carbonyl (C=O) groups excluding carboxylic acids is 1. The summed E-state index contributed by atoms with van der Waals surface area (Å²) in [4.78, 5) is 30.6. The quantitative estimate of drug-likeness (QED) is 0.337. The molecule has 2 aromatic carbocycles. The summed E-state index contributed by atoms with van der Waals surface area (Å²) in [7, 11) is 0. The molecule has 4 rings (SSSR count). The van der Waals surface area contributed by atoms with Gasteiger partial charge in [-0.05, 0) is 55.3 Å². The minimum atomic E-state index is -0.457. The van der Waals surface area contributed by atoms with Crippen LogP contribution in [0.15, 0.2) is 81.3 Å². The lowest BCUT2D eigenvalue weighted by atomic mass is 10.1. The molecule has 0 aliphatic rings. The predicted molar refractivity (Wildman–Crippen MR) is 124 cm³/mol. The van der Waals surface area contributed by atoms with Gasteiger partial charge in [0.15, 0.2) is 5.16 Å². The van der Waals surface area contributed by atoms with E-state index in [0.717, 1.165) is 12.1 Å². The molecule has 0 aliphatic carbocycles. The third kappa shape index (κ3) is 4.72. The molecule has 1 atom stereocenters. The molecule has 1 unspecified atom stereocenters. The maximum absolute atomic E-state index is 13.1. The Morgan fingerprint density at radius 1 is 1.13 bits per heavy atom. The SMILES string of the molecule is CCc1ccc(NC(=O)C(C)Sc2nc3ccccc3c(=O)n2Cc2ccco2)cc1. The summed E-state index contributed by atoms with van der Waals surface area (Å²) >= 11 is 1.25. The Kier molecular flexibility index (Phi) is 6.23. The van der Waals surface area contributed by atoms with Crippen molar-refractivity contribution in [3.8, 4) is 0 Å². The fraction of sp³-hybridized carbons (Fsp3) is 0.208. The summed E-state index contributed by atoms with van der Waals surface area (Å²) in [5.74, 6) is 0.496. The fourth-order valence-electron chi connectivity index (χ4n) is 3.21. The average Bonchev–Trinajstić information content (AvgIpc) is 3.30. The Labute approximate surface area is 184 Å². The van der Waals surface area contributed by atoms with E-state index in [-0.39, 0.29) is 18.0 Å². The Morgan fingerprint density at radius 2 is 1.90 bits per heavy atom. The predicted octanol–water partition coefficient (Wildman–Crippen LogP) is 4.72. The van der Waals surface area contributed by atoms with Crippen molar-refractivity contribution in [1.29, 1.82) is 0 Å². The van der Waals surface area contributed by atoms with E-state index in [0.29, 0.717) is 21.8 Å². The lowest BCUT2D eigenvalue weighted by molar-refractivity contribution is -0.115. The molecule has 158 valence electrons. The number of aromatic nitrogens is 2. The summed E-state index contributed by atoms with van der Waals surface area (Å²) in [6, 6.07) is 18.6. The number of nitrogens with zero attached hydrogens (tertiary/aromatic N) is 2. The Morgan fingerprint density at radius 3 is 2.61 bits per heavy atom. The van der Waals surface area contributed by atoms with E-state index in [1.807, 2.05) is 42.5 Å². The van der Waals surface area contributed by atoms with Crippen LogP contribution in [0.5, 0.6) is 0 Å². The van der Waals surface area contributed by atoms with Crippen LogP contribution in [0.25, 0.3) is 10.9 Å². The normalized spacial score (nSPS) is 12.1. The average molecular weight is 434 g/mol. The van der Waals surface area contributed by atoms with Crippen LogP contribution in [0.2, 0.25) is 0 Å². The van der Waals surface area contributed by atoms with Gasteiger partial charge in [-0.3, -0.25) is 14.2 Å². The summed E-state index contributed by atoms with van der Waals surface area (Å²) < 4.78 is 6.99. The van der Waals surface area contributed by atoms with Crippen molar-refractivity contribution in [2.24, 2.45) is 0 Å². The molecule has 4 aromatic rings. The van der Waals surface area contributed by atoms with Crippen LogP contribution < -0.4 is 10.9 Å². The lowest BCUT2D eigenvalue weighted by Crippen LogP contribution is -2.27. The second kappa shape index (κ2) is 9.22. The van der Waals surface area contributed by atoms with Gasteiger partial charge >= 0.3 is 0 Å². The number of furan rings is 1. The number of nitrogens with one attached hydrogen (secondary N) is 1. The molecule has 0 saturated carbocycles. The minimum absolute atomic E-state index is 0.152.